The van der Waals surface area contributed by atoms with E-state index in [-0.39, 0.29) is 22.4 Å². The Bertz CT molecular complexity index is 546. The molecule has 1 saturated heterocycles. The number of hydrogen-bond acceptors (Lipinski definition) is 4. The fourth-order valence-corrected chi connectivity index (χ4v) is 3.23. The Morgan fingerprint density at radius 3 is 2.83 bits per heavy atom. The first-order valence-corrected chi connectivity index (χ1v) is 7.26. The number of ether oxygens (including phenoxy) is 1. The van der Waals surface area contributed by atoms with E-state index in [1.165, 1.54) is 18.3 Å². The van der Waals surface area contributed by atoms with Crippen LogP contribution in [-0.4, -0.2) is 32.7 Å². The van der Waals surface area contributed by atoms with Crippen LogP contribution in [-0.2, 0) is 14.8 Å². The summed E-state index contributed by atoms with van der Waals surface area (Å²) in [6, 6.07) is 2.36. The topological polar surface area (TPSA) is 88.3 Å². The van der Waals surface area contributed by atoms with Gasteiger partial charge in [-0.25, -0.2) is 13.1 Å². The highest BCUT2D eigenvalue weighted by molar-refractivity contribution is 7.89. The monoisotopic (exact) mass is 272 g/mol. The van der Waals surface area contributed by atoms with Crippen LogP contribution in [0.15, 0.2) is 28.0 Å². The average molecular weight is 272 g/mol. The lowest BCUT2D eigenvalue weighted by Crippen LogP contribution is -2.44. The van der Waals surface area contributed by atoms with Crippen molar-refractivity contribution in [2.75, 3.05) is 13.2 Å². The van der Waals surface area contributed by atoms with Crippen LogP contribution in [0.5, 0.6) is 0 Å². The Balaban J connectivity index is 2.16. The van der Waals surface area contributed by atoms with Crippen LogP contribution in [0.25, 0.3) is 0 Å². The van der Waals surface area contributed by atoms with Gasteiger partial charge < -0.3 is 9.72 Å². The highest BCUT2D eigenvalue weighted by Crippen LogP contribution is 2.16. The number of pyridine rings is 1. The van der Waals surface area contributed by atoms with Crippen LogP contribution in [0, 0.1) is 5.92 Å². The predicted molar refractivity (Wildman–Crippen MR) is 65.8 cm³/mol. The maximum Gasteiger partial charge on any atom is 0.247 e. The minimum atomic E-state index is -3.59. The van der Waals surface area contributed by atoms with Gasteiger partial charge >= 0.3 is 0 Å². The maximum atomic E-state index is 12.1. The molecule has 2 rings (SSSR count). The molecule has 1 aromatic rings. The Labute approximate surface area is 105 Å². The molecular weight excluding hydrogens is 256 g/mol. The number of aromatic amines is 1. The van der Waals surface area contributed by atoms with Gasteiger partial charge in [0.05, 0.1) is 11.5 Å². The molecule has 2 atom stereocenters. The number of hydrogen-bond donors (Lipinski definition) is 2. The highest BCUT2D eigenvalue weighted by atomic mass is 32.2. The van der Waals surface area contributed by atoms with Gasteiger partial charge in [0, 0.05) is 24.9 Å². The summed E-state index contributed by atoms with van der Waals surface area (Å²) in [4.78, 5) is 13.3. The lowest BCUT2D eigenvalue weighted by atomic mass is 9.99. The second kappa shape index (κ2) is 5.21. The molecule has 0 aliphatic carbocycles. The Kier molecular flexibility index (Phi) is 3.84. The van der Waals surface area contributed by atoms with Crippen molar-refractivity contribution >= 4 is 10.0 Å². The Morgan fingerprint density at radius 2 is 2.22 bits per heavy atom. The van der Waals surface area contributed by atoms with E-state index < -0.39 is 10.0 Å². The number of rotatable bonds is 3. The van der Waals surface area contributed by atoms with Gasteiger partial charge in [-0.3, -0.25) is 4.79 Å². The van der Waals surface area contributed by atoms with E-state index in [9.17, 15) is 13.2 Å². The SMILES string of the molecule is CC1COCCC1NS(=O)(=O)c1ccc(=O)[nH]c1. The second-order valence-electron chi connectivity index (χ2n) is 4.46. The Hall–Kier alpha value is -1.18. The van der Waals surface area contributed by atoms with Crippen LogP contribution in [0.1, 0.15) is 13.3 Å². The summed E-state index contributed by atoms with van der Waals surface area (Å²) in [5.41, 5.74) is -0.326. The van der Waals surface area contributed by atoms with E-state index in [4.69, 9.17) is 4.74 Å². The van der Waals surface area contributed by atoms with Crippen molar-refractivity contribution < 1.29 is 13.2 Å². The van der Waals surface area contributed by atoms with Crippen molar-refractivity contribution in [3.05, 3.63) is 28.7 Å². The fraction of sp³-hybridized carbons (Fsp3) is 0.545. The first kappa shape index (κ1) is 13.3. The van der Waals surface area contributed by atoms with E-state index in [1.807, 2.05) is 6.92 Å². The summed E-state index contributed by atoms with van der Waals surface area (Å²) in [5.74, 6) is 0.135. The quantitative estimate of drug-likeness (QED) is 0.815. The van der Waals surface area contributed by atoms with Crippen molar-refractivity contribution in [1.29, 1.82) is 0 Å². The van der Waals surface area contributed by atoms with Crippen molar-refractivity contribution in [2.24, 2.45) is 5.92 Å². The molecule has 0 radical (unpaired) electrons. The largest absolute Gasteiger partial charge is 0.381 e. The number of nitrogens with one attached hydrogen (secondary N) is 2. The van der Waals surface area contributed by atoms with Crippen LogP contribution in [0.4, 0.5) is 0 Å². The molecule has 0 amide bonds. The number of sulfonamides is 1. The fourth-order valence-electron chi connectivity index (χ4n) is 1.89. The molecule has 2 unspecified atom stereocenters. The number of aromatic nitrogens is 1. The van der Waals surface area contributed by atoms with Crippen molar-refractivity contribution in [2.45, 2.75) is 24.3 Å². The van der Waals surface area contributed by atoms with E-state index in [0.717, 1.165) is 0 Å². The standard InChI is InChI=1S/C11H16N2O4S/c1-8-7-17-5-4-10(8)13-18(15,16)9-2-3-11(14)12-6-9/h2-3,6,8,10,13H,4-5,7H2,1H3,(H,12,14). The molecule has 6 nitrogen and oxygen atoms in total. The van der Waals surface area contributed by atoms with Crippen LogP contribution < -0.4 is 10.3 Å². The minimum absolute atomic E-state index is 0.0702. The van der Waals surface area contributed by atoms with E-state index in [2.05, 4.69) is 9.71 Å². The zero-order valence-corrected chi connectivity index (χ0v) is 10.9. The van der Waals surface area contributed by atoms with Gasteiger partial charge in [0.2, 0.25) is 15.6 Å². The van der Waals surface area contributed by atoms with Gasteiger partial charge in [0.15, 0.2) is 0 Å². The molecule has 1 aliphatic rings. The van der Waals surface area contributed by atoms with Crippen LogP contribution in [0.2, 0.25) is 0 Å². The summed E-state index contributed by atoms with van der Waals surface area (Å²) in [7, 11) is -3.59. The van der Waals surface area contributed by atoms with Gasteiger partial charge in [0.25, 0.3) is 0 Å². The molecule has 1 aromatic heterocycles. The van der Waals surface area contributed by atoms with Gasteiger partial charge in [-0.15, -0.1) is 0 Å². The zero-order valence-electron chi connectivity index (χ0n) is 10.0. The third-order valence-corrected chi connectivity index (χ3v) is 4.50. The summed E-state index contributed by atoms with van der Waals surface area (Å²) in [6.45, 7) is 3.06. The van der Waals surface area contributed by atoms with Gasteiger partial charge in [-0.2, -0.15) is 0 Å². The molecule has 2 heterocycles. The van der Waals surface area contributed by atoms with E-state index in [1.54, 1.807) is 0 Å². The molecule has 0 bridgehead atoms. The molecule has 0 saturated carbocycles. The number of H-pyrrole nitrogens is 1. The summed E-state index contributed by atoms with van der Waals surface area (Å²) in [5, 5.41) is 0. The summed E-state index contributed by atoms with van der Waals surface area (Å²) < 4.78 is 32.1. The van der Waals surface area contributed by atoms with Crippen molar-refractivity contribution in [3.63, 3.8) is 0 Å². The van der Waals surface area contributed by atoms with Crippen LogP contribution >= 0.6 is 0 Å². The molecule has 1 fully saturated rings. The van der Waals surface area contributed by atoms with Crippen molar-refractivity contribution in [3.8, 4) is 0 Å². The molecule has 0 spiro atoms. The molecule has 100 valence electrons. The first-order valence-electron chi connectivity index (χ1n) is 5.78. The molecule has 2 N–H and O–H groups in total. The molecule has 0 aromatic carbocycles. The minimum Gasteiger partial charge on any atom is -0.381 e. The predicted octanol–water partition coefficient (Wildman–Crippen LogP) is 0.0782. The van der Waals surface area contributed by atoms with E-state index >= 15 is 0 Å². The summed E-state index contributed by atoms with van der Waals surface area (Å²) in [6.07, 6.45) is 1.86. The van der Waals surface area contributed by atoms with Crippen molar-refractivity contribution in [1.82, 2.24) is 9.71 Å². The summed E-state index contributed by atoms with van der Waals surface area (Å²) >= 11 is 0. The lowest BCUT2D eigenvalue weighted by molar-refractivity contribution is 0.0450. The van der Waals surface area contributed by atoms with Gasteiger partial charge in [-0.1, -0.05) is 6.92 Å². The molecule has 1 aliphatic heterocycles. The molecular formula is C11H16N2O4S. The third kappa shape index (κ3) is 2.98. The lowest BCUT2D eigenvalue weighted by Gasteiger charge is -2.29. The molecule has 18 heavy (non-hydrogen) atoms. The van der Waals surface area contributed by atoms with E-state index in [0.29, 0.717) is 19.6 Å². The second-order valence-corrected chi connectivity index (χ2v) is 6.17. The third-order valence-electron chi connectivity index (χ3n) is 3.01. The zero-order chi connectivity index (χ0) is 13.2. The molecule has 7 heteroatoms. The first-order chi connectivity index (χ1) is 8.49. The highest BCUT2D eigenvalue weighted by Gasteiger charge is 2.27. The normalized spacial score (nSPS) is 24.9. The van der Waals surface area contributed by atoms with Gasteiger partial charge in [-0.05, 0) is 18.4 Å². The Morgan fingerprint density at radius 1 is 1.44 bits per heavy atom. The smallest absolute Gasteiger partial charge is 0.247 e. The van der Waals surface area contributed by atoms with Crippen LogP contribution in [0.3, 0.4) is 0 Å². The van der Waals surface area contributed by atoms with Gasteiger partial charge in [0.1, 0.15) is 0 Å². The maximum absolute atomic E-state index is 12.1. The average Bonchev–Trinajstić information content (AvgIpc) is 2.32.